The summed E-state index contributed by atoms with van der Waals surface area (Å²) in [6, 6.07) is 1.35. The second kappa shape index (κ2) is 5.11. The molecule has 2 rings (SSSR count). The van der Waals surface area contributed by atoms with E-state index < -0.39 is 11.6 Å². The highest BCUT2D eigenvalue weighted by molar-refractivity contribution is 5.69. The van der Waals surface area contributed by atoms with Crippen LogP contribution >= 0.6 is 0 Å². The van der Waals surface area contributed by atoms with Crippen molar-refractivity contribution in [1.29, 1.82) is 0 Å². The lowest BCUT2D eigenvalue weighted by Gasteiger charge is -2.11. The molecule has 1 aromatic carbocycles. The van der Waals surface area contributed by atoms with Gasteiger partial charge in [-0.25, -0.2) is 0 Å². The van der Waals surface area contributed by atoms with Crippen molar-refractivity contribution in [3.8, 4) is 28.6 Å². The highest BCUT2D eigenvalue weighted by Gasteiger charge is 2.23. The van der Waals surface area contributed by atoms with E-state index in [1.54, 1.807) is 0 Å². The predicted molar refractivity (Wildman–Crippen MR) is 62.4 cm³/mol. The summed E-state index contributed by atoms with van der Waals surface area (Å²) in [6.45, 7) is 0.0452. The molecule has 0 aliphatic heterocycles. The van der Waals surface area contributed by atoms with Crippen LogP contribution in [0, 0.1) is 5.82 Å². The lowest BCUT2D eigenvalue weighted by Crippen LogP contribution is -1.97. The fraction of sp³-hybridized carbons (Fsp3) is 0.273. The Morgan fingerprint density at radius 3 is 2.68 bits per heavy atom. The number of benzene rings is 1. The van der Waals surface area contributed by atoms with Crippen LogP contribution in [0.25, 0.3) is 11.4 Å². The Balaban J connectivity index is 2.60. The first-order valence-electron chi connectivity index (χ1n) is 5.28. The SMILES string of the molecule is COc1cc(-c2noc(CN)n2)c(O)c(F)c1OC. The topological polar surface area (TPSA) is 104 Å². The van der Waals surface area contributed by atoms with Gasteiger partial charge < -0.3 is 24.8 Å². The summed E-state index contributed by atoms with van der Waals surface area (Å²) >= 11 is 0. The van der Waals surface area contributed by atoms with Crippen LogP contribution in [0.2, 0.25) is 0 Å². The lowest BCUT2D eigenvalue weighted by atomic mass is 10.1. The van der Waals surface area contributed by atoms with Crippen LogP contribution in [0.5, 0.6) is 17.2 Å². The fourth-order valence-electron chi connectivity index (χ4n) is 1.56. The number of aromatic hydroxyl groups is 1. The Morgan fingerprint density at radius 1 is 1.42 bits per heavy atom. The van der Waals surface area contributed by atoms with Crippen LogP contribution in [0.4, 0.5) is 4.39 Å². The van der Waals surface area contributed by atoms with E-state index in [9.17, 15) is 9.50 Å². The molecule has 0 aliphatic carbocycles. The highest BCUT2D eigenvalue weighted by atomic mass is 19.1. The van der Waals surface area contributed by atoms with Gasteiger partial charge in [-0.2, -0.15) is 9.37 Å². The number of halogens is 1. The number of methoxy groups -OCH3 is 2. The molecule has 0 saturated carbocycles. The highest BCUT2D eigenvalue weighted by Crippen LogP contribution is 2.41. The number of aromatic nitrogens is 2. The zero-order valence-electron chi connectivity index (χ0n) is 10.3. The molecule has 0 amide bonds. The van der Waals surface area contributed by atoms with E-state index >= 15 is 0 Å². The van der Waals surface area contributed by atoms with E-state index in [4.69, 9.17) is 19.7 Å². The largest absolute Gasteiger partial charge is 0.504 e. The van der Waals surface area contributed by atoms with Gasteiger partial charge in [-0.15, -0.1) is 0 Å². The monoisotopic (exact) mass is 269 g/mol. The van der Waals surface area contributed by atoms with Gasteiger partial charge in [0.25, 0.3) is 0 Å². The molecule has 3 N–H and O–H groups in total. The second-order valence-electron chi connectivity index (χ2n) is 3.54. The molecule has 0 fully saturated rings. The number of phenolic OH excluding ortho intramolecular Hbond substituents is 1. The van der Waals surface area contributed by atoms with Gasteiger partial charge >= 0.3 is 0 Å². The Bertz CT molecular complexity index is 600. The number of hydrogen-bond donors (Lipinski definition) is 2. The smallest absolute Gasteiger partial charge is 0.240 e. The number of phenols is 1. The van der Waals surface area contributed by atoms with Gasteiger partial charge in [0.2, 0.25) is 23.3 Å². The van der Waals surface area contributed by atoms with Crippen molar-refractivity contribution in [3.63, 3.8) is 0 Å². The number of nitrogens with zero attached hydrogens (tertiary/aromatic N) is 2. The number of rotatable bonds is 4. The van der Waals surface area contributed by atoms with Gasteiger partial charge in [0, 0.05) is 0 Å². The predicted octanol–water partition coefficient (Wildman–Crippen LogP) is 1.06. The van der Waals surface area contributed by atoms with Gasteiger partial charge in [0.15, 0.2) is 11.5 Å². The molecule has 7 nitrogen and oxygen atoms in total. The molecule has 0 bridgehead atoms. The zero-order valence-corrected chi connectivity index (χ0v) is 10.3. The maximum atomic E-state index is 13.9. The maximum absolute atomic E-state index is 13.9. The normalized spacial score (nSPS) is 10.5. The average Bonchev–Trinajstić information content (AvgIpc) is 2.90. The Kier molecular flexibility index (Phi) is 3.52. The summed E-state index contributed by atoms with van der Waals surface area (Å²) in [7, 11) is 2.61. The molecule has 0 aliphatic rings. The minimum absolute atomic E-state index is 0.0119. The molecule has 1 aromatic heterocycles. The van der Waals surface area contributed by atoms with Crippen LogP contribution in [-0.4, -0.2) is 29.5 Å². The van der Waals surface area contributed by atoms with Crippen LogP contribution < -0.4 is 15.2 Å². The first-order chi connectivity index (χ1) is 9.12. The first-order valence-corrected chi connectivity index (χ1v) is 5.28. The standard InChI is InChI=1S/C11H12FN3O4/c1-17-6-3-5(9(16)8(12)10(6)18-2)11-14-7(4-13)19-15-11/h3,16H,4,13H2,1-2H3. The quantitative estimate of drug-likeness (QED) is 0.855. The molecular formula is C11H12FN3O4. The molecule has 2 aromatic rings. The molecule has 0 saturated heterocycles. The summed E-state index contributed by atoms with van der Waals surface area (Å²) in [5.41, 5.74) is 5.36. The Morgan fingerprint density at radius 2 is 2.16 bits per heavy atom. The summed E-state index contributed by atoms with van der Waals surface area (Å²) in [5.74, 6) is -1.53. The zero-order chi connectivity index (χ0) is 14.0. The molecule has 1 heterocycles. The molecular weight excluding hydrogens is 257 g/mol. The Labute approximate surface area is 107 Å². The molecule has 19 heavy (non-hydrogen) atoms. The van der Waals surface area contributed by atoms with Crippen molar-refractivity contribution in [2.45, 2.75) is 6.54 Å². The second-order valence-corrected chi connectivity index (χ2v) is 3.54. The molecule has 102 valence electrons. The third-order valence-electron chi connectivity index (χ3n) is 2.47. The van der Waals surface area contributed by atoms with E-state index in [0.29, 0.717) is 0 Å². The van der Waals surface area contributed by atoms with Crippen LogP contribution in [-0.2, 0) is 6.54 Å². The summed E-state index contributed by atoms with van der Waals surface area (Å²) in [6.07, 6.45) is 0. The fourth-order valence-corrected chi connectivity index (χ4v) is 1.56. The maximum Gasteiger partial charge on any atom is 0.240 e. The van der Waals surface area contributed by atoms with Crippen molar-refractivity contribution in [2.75, 3.05) is 14.2 Å². The first kappa shape index (κ1) is 13.1. The molecule has 0 spiro atoms. The van der Waals surface area contributed by atoms with Gasteiger partial charge in [0.1, 0.15) is 0 Å². The Hall–Kier alpha value is -2.35. The van der Waals surface area contributed by atoms with Crippen molar-refractivity contribution < 1.29 is 23.5 Å². The van der Waals surface area contributed by atoms with Crippen molar-refractivity contribution >= 4 is 0 Å². The van der Waals surface area contributed by atoms with Gasteiger partial charge in [0.05, 0.1) is 26.3 Å². The van der Waals surface area contributed by atoms with Crippen LogP contribution in [0.3, 0.4) is 0 Å². The van der Waals surface area contributed by atoms with Crippen molar-refractivity contribution in [2.24, 2.45) is 5.73 Å². The van der Waals surface area contributed by atoms with Gasteiger partial charge in [-0.05, 0) is 6.07 Å². The van der Waals surface area contributed by atoms with Crippen molar-refractivity contribution in [1.82, 2.24) is 10.1 Å². The minimum Gasteiger partial charge on any atom is -0.504 e. The molecule has 0 atom stereocenters. The van der Waals surface area contributed by atoms with Crippen LogP contribution in [0.15, 0.2) is 10.6 Å². The minimum atomic E-state index is -0.962. The van der Waals surface area contributed by atoms with Gasteiger partial charge in [-0.1, -0.05) is 5.16 Å². The molecule has 0 radical (unpaired) electrons. The number of nitrogens with two attached hydrogens (primary N) is 1. The number of hydrogen-bond acceptors (Lipinski definition) is 7. The van der Waals surface area contributed by atoms with E-state index in [0.717, 1.165) is 0 Å². The van der Waals surface area contributed by atoms with E-state index in [2.05, 4.69) is 10.1 Å². The third-order valence-corrected chi connectivity index (χ3v) is 2.47. The van der Waals surface area contributed by atoms with Crippen molar-refractivity contribution in [3.05, 3.63) is 17.8 Å². The lowest BCUT2D eigenvalue weighted by molar-refractivity contribution is 0.326. The molecule has 8 heteroatoms. The third kappa shape index (κ3) is 2.17. The van der Waals surface area contributed by atoms with E-state index in [-0.39, 0.29) is 35.3 Å². The van der Waals surface area contributed by atoms with Gasteiger partial charge in [-0.3, -0.25) is 0 Å². The summed E-state index contributed by atoms with van der Waals surface area (Å²) < 4.78 is 28.5. The van der Waals surface area contributed by atoms with E-state index in [1.165, 1.54) is 20.3 Å². The van der Waals surface area contributed by atoms with Crippen LogP contribution in [0.1, 0.15) is 5.89 Å². The number of ether oxygens (including phenoxy) is 2. The average molecular weight is 269 g/mol. The van der Waals surface area contributed by atoms with E-state index in [1.807, 2.05) is 0 Å². The summed E-state index contributed by atoms with van der Waals surface area (Å²) in [5, 5.41) is 13.4. The summed E-state index contributed by atoms with van der Waals surface area (Å²) in [4.78, 5) is 3.91. The molecule has 0 unspecified atom stereocenters.